The van der Waals surface area contributed by atoms with E-state index in [-0.39, 0.29) is 5.92 Å². The van der Waals surface area contributed by atoms with Gasteiger partial charge in [-0.1, -0.05) is 35.9 Å². The standard InChI is InChI=1S/C13H16O2/c1-3-7-15-10-13(9-14)12-6-4-5-11(2)8-12/h3-9,13H,10H2,1-2H3. The third-order valence-corrected chi connectivity index (χ3v) is 2.14. The first kappa shape index (κ1) is 11.5. The van der Waals surface area contributed by atoms with Gasteiger partial charge in [0.25, 0.3) is 0 Å². The topological polar surface area (TPSA) is 26.3 Å². The van der Waals surface area contributed by atoms with Crippen LogP contribution in [-0.4, -0.2) is 12.9 Å². The maximum atomic E-state index is 10.9. The fourth-order valence-corrected chi connectivity index (χ4v) is 1.37. The summed E-state index contributed by atoms with van der Waals surface area (Å²) in [6.45, 7) is 4.29. The van der Waals surface area contributed by atoms with E-state index in [1.54, 1.807) is 12.3 Å². The molecule has 0 N–H and O–H groups in total. The van der Waals surface area contributed by atoms with Gasteiger partial charge in [-0.2, -0.15) is 0 Å². The Balaban J connectivity index is 2.69. The molecule has 1 rings (SSSR count). The van der Waals surface area contributed by atoms with Crippen LogP contribution in [0.5, 0.6) is 0 Å². The third-order valence-electron chi connectivity index (χ3n) is 2.14. The van der Waals surface area contributed by atoms with Gasteiger partial charge in [0.15, 0.2) is 0 Å². The summed E-state index contributed by atoms with van der Waals surface area (Å²) in [6, 6.07) is 7.93. The molecule has 0 aliphatic heterocycles. The van der Waals surface area contributed by atoms with Crippen LogP contribution >= 0.6 is 0 Å². The molecule has 15 heavy (non-hydrogen) atoms. The Morgan fingerprint density at radius 3 is 2.87 bits per heavy atom. The van der Waals surface area contributed by atoms with Crippen molar-refractivity contribution in [1.82, 2.24) is 0 Å². The molecule has 80 valence electrons. The lowest BCUT2D eigenvalue weighted by atomic mass is 10.00. The molecule has 0 amide bonds. The van der Waals surface area contributed by atoms with Crippen molar-refractivity contribution in [3.05, 3.63) is 47.7 Å². The Bertz CT molecular complexity index is 342. The Kier molecular flexibility index (Phi) is 4.61. The summed E-state index contributed by atoms with van der Waals surface area (Å²) in [6.07, 6.45) is 4.34. The third kappa shape index (κ3) is 3.58. The van der Waals surface area contributed by atoms with Crippen molar-refractivity contribution in [2.75, 3.05) is 6.61 Å². The number of carbonyl (C=O) groups is 1. The summed E-state index contributed by atoms with van der Waals surface area (Å²) >= 11 is 0. The first-order valence-electron chi connectivity index (χ1n) is 5.02. The predicted molar refractivity (Wildman–Crippen MR) is 60.8 cm³/mol. The highest BCUT2D eigenvalue weighted by molar-refractivity contribution is 5.62. The molecule has 0 radical (unpaired) electrons. The molecule has 0 saturated heterocycles. The van der Waals surface area contributed by atoms with E-state index in [0.717, 1.165) is 17.4 Å². The van der Waals surface area contributed by atoms with Gasteiger partial charge in [0.2, 0.25) is 0 Å². The van der Waals surface area contributed by atoms with E-state index in [2.05, 4.69) is 0 Å². The normalized spacial score (nSPS) is 12.7. The molecular formula is C13H16O2. The highest BCUT2D eigenvalue weighted by Crippen LogP contribution is 2.15. The largest absolute Gasteiger partial charge is 0.500 e. The maximum absolute atomic E-state index is 10.9. The summed E-state index contributed by atoms with van der Waals surface area (Å²) in [5.74, 6) is -0.180. The van der Waals surface area contributed by atoms with Crippen LogP contribution in [0.25, 0.3) is 0 Å². The number of rotatable bonds is 5. The minimum Gasteiger partial charge on any atom is -0.500 e. The molecule has 1 aromatic carbocycles. The monoisotopic (exact) mass is 204 g/mol. The van der Waals surface area contributed by atoms with Crippen LogP contribution in [0.2, 0.25) is 0 Å². The van der Waals surface area contributed by atoms with Gasteiger partial charge in [0.05, 0.1) is 12.2 Å². The molecular weight excluding hydrogens is 188 g/mol. The van der Waals surface area contributed by atoms with E-state index in [1.165, 1.54) is 0 Å². The van der Waals surface area contributed by atoms with Crippen molar-refractivity contribution in [2.45, 2.75) is 19.8 Å². The number of hydrogen-bond acceptors (Lipinski definition) is 2. The molecule has 0 spiro atoms. The Labute approximate surface area is 90.6 Å². The zero-order chi connectivity index (χ0) is 11.1. The summed E-state index contributed by atoms with van der Waals surface area (Å²) in [4.78, 5) is 10.9. The minimum absolute atomic E-state index is 0.180. The van der Waals surface area contributed by atoms with Crippen LogP contribution in [0, 0.1) is 6.92 Å². The van der Waals surface area contributed by atoms with E-state index in [0.29, 0.717) is 6.61 Å². The molecule has 2 nitrogen and oxygen atoms in total. The van der Waals surface area contributed by atoms with Crippen molar-refractivity contribution >= 4 is 6.29 Å². The molecule has 1 atom stereocenters. The Hall–Kier alpha value is -1.57. The Morgan fingerprint density at radius 1 is 1.47 bits per heavy atom. The van der Waals surface area contributed by atoms with Crippen LogP contribution in [0.15, 0.2) is 36.6 Å². The average Bonchev–Trinajstić information content (AvgIpc) is 2.24. The van der Waals surface area contributed by atoms with E-state index in [1.807, 2.05) is 38.1 Å². The molecule has 1 aromatic rings. The molecule has 2 heteroatoms. The predicted octanol–water partition coefficient (Wildman–Crippen LogP) is 2.83. The molecule has 1 unspecified atom stereocenters. The molecule has 0 heterocycles. The molecule has 0 fully saturated rings. The van der Waals surface area contributed by atoms with E-state index in [4.69, 9.17) is 4.74 Å². The smallest absolute Gasteiger partial charge is 0.130 e. The van der Waals surface area contributed by atoms with Gasteiger partial charge in [-0.25, -0.2) is 0 Å². The summed E-state index contributed by atoms with van der Waals surface area (Å²) < 4.78 is 5.22. The lowest BCUT2D eigenvalue weighted by molar-refractivity contribution is -0.109. The van der Waals surface area contributed by atoms with Crippen molar-refractivity contribution in [3.8, 4) is 0 Å². The number of aldehydes is 1. The van der Waals surface area contributed by atoms with Crippen molar-refractivity contribution in [2.24, 2.45) is 0 Å². The highest BCUT2D eigenvalue weighted by atomic mass is 16.5. The Morgan fingerprint density at radius 2 is 2.27 bits per heavy atom. The van der Waals surface area contributed by atoms with Gasteiger partial charge in [-0.15, -0.1) is 0 Å². The lowest BCUT2D eigenvalue weighted by Gasteiger charge is -2.10. The lowest BCUT2D eigenvalue weighted by Crippen LogP contribution is -2.07. The number of ether oxygens (including phenoxy) is 1. The number of allylic oxidation sites excluding steroid dienone is 1. The van der Waals surface area contributed by atoms with Crippen LogP contribution in [0.4, 0.5) is 0 Å². The second kappa shape index (κ2) is 6.02. The fraction of sp³-hybridized carbons (Fsp3) is 0.308. The SMILES string of the molecule is CC=COCC(C=O)c1cccc(C)c1. The molecule has 0 saturated carbocycles. The second-order valence-electron chi connectivity index (χ2n) is 3.46. The summed E-state index contributed by atoms with van der Waals surface area (Å²) in [5.41, 5.74) is 2.17. The van der Waals surface area contributed by atoms with Crippen LogP contribution in [0.3, 0.4) is 0 Å². The zero-order valence-electron chi connectivity index (χ0n) is 9.14. The van der Waals surface area contributed by atoms with Gasteiger partial charge in [-0.3, -0.25) is 0 Å². The van der Waals surface area contributed by atoms with Crippen molar-refractivity contribution < 1.29 is 9.53 Å². The minimum atomic E-state index is -0.180. The number of hydrogen-bond donors (Lipinski definition) is 0. The summed E-state index contributed by atoms with van der Waals surface area (Å²) in [7, 11) is 0. The van der Waals surface area contributed by atoms with Crippen LogP contribution in [0.1, 0.15) is 24.0 Å². The van der Waals surface area contributed by atoms with Crippen molar-refractivity contribution in [1.29, 1.82) is 0 Å². The number of aryl methyl sites for hydroxylation is 1. The van der Waals surface area contributed by atoms with Gasteiger partial charge in [0, 0.05) is 0 Å². The van der Waals surface area contributed by atoms with Gasteiger partial charge in [0.1, 0.15) is 12.9 Å². The van der Waals surface area contributed by atoms with Gasteiger partial charge in [-0.05, 0) is 19.4 Å². The molecule has 0 aliphatic rings. The second-order valence-corrected chi connectivity index (χ2v) is 3.46. The molecule has 0 aromatic heterocycles. The van der Waals surface area contributed by atoms with Crippen molar-refractivity contribution in [3.63, 3.8) is 0 Å². The fourth-order valence-electron chi connectivity index (χ4n) is 1.37. The maximum Gasteiger partial charge on any atom is 0.130 e. The van der Waals surface area contributed by atoms with E-state index in [9.17, 15) is 4.79 Å². The molecule has 0 aliphatic carbocycles. The van der Waals surface area contributed by atoms with Gasteiger partial charge >= 0.3 is 0 Å². The zero-order valence-corrected chi connectivity index (χ0v) is 9.14. The number of benzene rings is 1. The molecule has 0 bridgehead atoms. The first-order valence-corrected chi connectivity index (χ1v) is 5.02. The highest BCUT2D eigenvalue weighted by Gasteiger charge is 2.10. The average molecular weight is 204 g/mol. The van der Waals surface area contributed by atoms with Crippen LogP contribution < -0.4 is 0 Å². The summed E-state index contributed by atoms with van der Waals surface area (Å²) in [5, 5.41) is 0. The quantitative estimate of drug-likeness (QED) is 0.544. The van der Waals surface area contributed by atoms with E-state index >= 15 is 0 Å². The number of carbonyl (C=O) groups excluding carboxylic acids is 1. The van der Waals surface area contributed by atoms with E-state index < -0.39 is 0 Å². The van der Waals surface area contributed by atoms with Crippen LogP contribution in [-0.2, 0) is 9.53 Å². The first-order chi connectivity index (χ1) is 7.27. The van der Waals surface area contributed by atoms with Gasteiger partial charge < -0.3 is 9.53 Å².